The molecule has 2 aromatic rings. The maximum absolute atomic E-state index is 12.8. The molecule has 0 amide bonds. The second-order valence-electron chi connectivity index (χ2n) is 5.83. The average Bonchev–Trinajstić information content (AvgIpc) is 2.56. The number of benzene rings is 1. The van der Waals surface area contributed by atoms with Gasteiger partial charge in [0.05, 0.1) is 5.52 Å². The van der Waals surface area contributed by atoms with Gasteiger partial charge in [-0.2, -0.15) is 0 Å². The molecule has 3 rings (SSSR count). The monoisotopic (exact) mass is 283 g/mol. The van der Waals surface area contributed by atoms with Crippen molar-refractivity contribution in [2.24, 2.45) is 5.92 Å². The number of hydrogen-bond donors (Lipinski definition) is 0. The molecule has 0 N–H and O–H groups in total. The van der Waals surface area contributed by atoms with E-state index in [1.807, 2.05) is 30.3 Å². The summed E-state index contributed by atoms with van der Waals surface area (Å²) in [5.41, 5.74) is 1.65. The van der Waals surface area contributed by atoms with Gasteiger partial charge < -0.3 is 4.74 Å². The van der Waals surface area contributed by atoms with Crippen molar-refractivity contribution in [3.63, 3.8) is 0 Å². The van der Waals surface area contributed by atoms with Crippen LogP contribution in [0.1, 0.15) is 42.5 Å². The summed E-state index contributed by atoms with van der Waals surface area (Å²) in [4.78, 5) is 17.1. The van der Waals surface area contributed by atoms with Crippen LogP contribution in [0.25, 0.3) is 10.9 Å². The number of rotatable bonds is 4. The van der Waals surface area contributed by atoms with Crippen LogP contribution in [0, 0.1) is 5.92 Å². The van der Waals surface area contributed by atoms with Gasteiger partial charge in [0.1, 0.15) is 6.10 Å². The topological polar surface area (TPSA) is 39.2 Å². The van der Waals surface area contributed by atoms with Crippen LogP contribution in [0.15, 0.2) is 36.5 Å². The van der Waals surface area contributed by atoms with Crippen molar-refractivity contribution in [3.05, 3.63) is 42.1 Å². The maximum atomic E-state index is 12.8. The Labute approximate surface area is 125 Å². The van der Waals surface area contributed by atoms with Gasteiger partial charge in [0.25, 0.3) is 0 Å². The highest BCUT2D eigenvalue weighted by Gasteiger charge is 2.30. The van der Waals surface area contributed by atoms with E-state index in [-0.39, 0.29) is 11.9 Å². The Hall–Kier alpha value is -1.74. The summed E-state index contributed by atoms with van der Waals surface area (Å²) in [5.74, 6) is 0.469. The predicted octanol–water partition coefficient (Wildman–Crippen LogP) is 4.01. The summed E-state index contributed by atoms with van der Waals surface area (Å²) < 4.78 is 5.55. The molecule has 1 atom stereocenters. The molecule has 1 unspecified atom stereocenters. The molecule has 110 valence electrons. The molecular weight excluding hydrogens is 262 g/mol. The van der Waals surface area contributed by atoms with E-state index in [4.69, 9.17) is 4.74 Å². The van der Waals surface area contributed by atoms with Crippen molar-refractivity contribution in [2.75, 3.05) is 7.11 Å². The minimum atomic E-state index is -0.306. The SMILES string of the molecule is COC(C(=O)c1ccc2ncccc2c1)C1CCCCC1. The Kier molecular flexibility index (Phi) is 4.30. The molecule has 1 heterocycles. The molecule has 1 aliphatic carbocycles. The summed E-state index contributed by atoms with van der Waals surface area (Å²) in [6, 6.07) is 9.59. The van der Waals surface area contributed by atoms with Gasteiger partial charge in [-0.1, -0.05) is 25.3 Å². The fourth-order valence-corrected chi connectivity index (χ4v) is 3.34. The first kappa shape index (κ1) is 14.2. The van der Waals surface area contributed by atoms with Crippen LogP contribution in [0.4, 0.5) is 0 Å². The van der Waals surface area contributed by atoms with Crippen molar-refractivity contribution < 1.29 is 9.53 Å². The normalized spacial score (nSPS) is 17.8. The summed E-state index contributed by atoms with van der Waals surface area (Å²) in [6.45, 7) is 0. The van der Waals surface area contributed by atoms with Crippen molar-refractivity contribution in [1.29, 1.82) is 0 Å². The highest BCUT2D eigenvalue weighted by molar-refractivity contribution is 6.02. The lowest BCUT2D eigenvalue weighted by molar-refractivity contribution is 0.0314. The molecule has 1 aromatic heterocycles. The Bertz CT molecular complexity index is 632. The standard InChI is InChI=1S/C18H21NO2/c1-21-18(13-6-3-2-4-7-13)17(20)15-9-10-16-14(12-15)8-5-11-19-16/h5,8-13,18H,2-4,6-7H2,1H3. The van der Waals surface area contributed by atoms with Crippen LogP contribution < -0.4 is 0 Å². The third-order valence-electron chi connectivity index (χ3n) is 4.48. The zero-order valence-corrected chi connectivity index (χ0v) is 12.4. The summed E-state index contributed by atoms with van der Waals surface area (Å²) >= 11 is 0. The first-order chi connectivity index (χ1) is 10.3. The molecular formula is C18H21NO2. The number of carbonyl (C=O) groups excluding carboxylic acids is 1. The van der Waals surface area contributed by atoms with E-state index in [0.29, 0.717) is 5.92 Å². The third kappa shape index (κ3) is 2.98. The lowest BCUT2D eigenvalue weighted by Gasteiger charge is -2.28. The minimum absolute atomic E-state index is 0.107. The minimum Gasteiger partial charge on any atom is -0.373 e. The number of hydrogen-bond acceptors (Lipinski definition) is 3. The summed E-state index contributed by atoms with van der Waals surface area (Å²) in [5, 5.41) is 1.00. The quantitative estimate of drug-likeness (QED) is 0.796. The lowest BCUT2D eigenvalue weighted by Crippen LogP contribution is -2.33. The van der Waals surface area contributed by atoms with Crippen LogP contribution in [0.2, 0.25) is 0 Å². The second-order valence-corrected chi connectivity index (χ2v) is 5.83. The van der Waals surface area contributed by atoms with Gasteiger partial charge in [-0.25, -0.2) is 0 Å². The van der Waals surface area contributed by atoms with Gasteiger partial charge in [0.2, 0.25) is 0 Å². The highest BCUT2D eigenvalue weighted by atomic mass is 16.5. The van der Waals surface area contributed by atoms with Crippen LogP contribution in [0.5, 0.6) is 0 Å². The van der Waals surface area contributed by atoms with Crippen LogP contribution in [0.3, 0.4) is 0 Å². The molecule has 0 bridgehead atoms. The van der Waals surface area contributed by atoms with Crippen molar-refractivity contribution >= 4 is 16.7 Å². The van der Waals surface area contributed by atoms with E-state index in [2.05, 4.69) is 4.98 Å². The molecule has 3 heteroatoms. The summed E-state index contributed by atoms with van der Waals surface area (Å²) in [7, 11) is 1.65. The number of nitrogens with zero attached hydrogens (tertiary/aromatic N) is 1. The number of ether oxygens (including phenoxy) is 1. The average molecular weight is 283 g/mol. The molecule has 0 saturated heterocycles. The smallest absolute Gasteiger partial charge is 0.191 e. The Morgan fingerprint density at radius 3 is 2.81 bits per heavy atom. The van der Waals surface area contributed by atoms with Gasteiger partial charge in [0, 0.05) is 24.3 Å². The number of pyridine rings is 1. The van der Waals surface area contributed by atoms with E-state index in [1.54, 1.807) is 13.3 Å². The number of fused-ring (bicyclic) bond motifs is 1. The van der Waals surface area contributed by atoms with Gasteiger partial charge in [-0.05, 0) is 43.0 Å². The van der Waals surface area contributed by atoms with Gasteiger partial charge >= 0.3 is 0 Å². The first-order valence-corrected chi connectivity index (χ1v) is 7.71. The molecule has 0 radical (unpaired) electrons. The van der Waals surface area contributed by atoms with E-state index < -0.39 is 0 Å². The number of Topliss-reactive ketones (excluding diaryl/α,β-unsaturated/α-hetero) is 1. The van der Waals surface area contributed by atoms with Crippen LogP contribution in [-0.2, 0) is 4.74 Å². The number of carbonyl (C=O) groups is 1. The third-order valence-corrected chi connectivity index (χ3v) is 4.48. The number of methoxy groups -OCH3 is 1. The zero-order chi connectivity index (χ0) is 14.7. The van der Waals surface area contributed by atoms with E-state index in [1.165, 1.54) is 19.3 Å². The van der Waals surface area contributed by atoms with Gasteiger partial charge in [-0.3, -0.25) is 9.78 Å². The maximum Gasteiger partial charge on any atom is 0.191 e. The van der Waals surface area contributed by atoms with E-state index in [9.17, 15) is 4.79 Å². The molecule has 1 aliphatic rings. The zero-order valence-electron chi connectivity index (χ0n) is 12.4. The molecule has 0 spiro atoms. The molecule has 1 aromatic carbocycles. The summed E-state index contributed by atoms with van der Waals surface area (Å²) in [6.07, 6.45) is 7.35. The Morgan fingerprint density at radius 1 is 1.24 bits per heavy atom. The number of aromatic nitrogens is 1. The fourth-order valence-electron chi connectivity index (χ4n) is 3.34. The molecule has 1 fully saturated rings. The van der Waals surface area contributed by atoms with E-state index >= 15 is 0 Å². The fraction of sp³-hybridized carbons (Fsp3) is 0.444. The Morgan fingerprint density at radius 2 is 2.05 bits per heavy atom. The predicted molar refractivity (Wildman–Crippen MR) is 83.4 cm³/mol. The molecule has 0 aliphatic heterocycles. The van der Waals surface area contributed by atoms with E-state index in [0.717, 1.165) is 29.3 Å². The molecule has 21 heavy (non-hydrogen) atoms. The second kappa shape index (κ2) is 6.35. The van der Waals surface area contributed by atoms with Crippen molar-refractivity contribution in [2.45, 2.75) is 38.2 Å². The molecule has 1 saturated carbocycles. The van der Waals surface area contributed by atoms with Gasteiger partial charge in [0.15, 0.2) is 5.78 Å². The first-order valence-electron chi connectivity index (χ1n) is 7.71. The van der Waals surface area contributed by atoms with Gasteiger partial charge in [-0.15, -0.1) is 0 Å². The Balaban J connectivity index is 1.86. The molecule has 3 nitrogen and oxygen atoms in total. The largest absolute Gasteiger partial charge is 0.373 e. The van der Waals surface area contributed by atoms with Crippen LogP contribution in [-0.4, -0.2) is 24.0 Å². The lowest BCUT2D eigenvalue weighted by atomic mass is 9.82. The van der Waals surface area contributed by atoms with Crippen molar-refractivity contribution in [1.82, 2.24) is 4.98 Å². The van der Waals surface area contributed by atoms with Crippen LogP contribution >= 0.6 is 0 Å². The highest BCUT2D eigenvalue weighted by Crippen LogP contribution is 2.29. The number of ketones is 1. The van der Waals surface area contributed by atoms with Crippen molar-refractivity contribution in [3.8, 4) is 0 Å².